The van der Waals surface area contributed by atoms with Crippen LogP contribution in [0.4, 0.5) is 5.69 Å². The number of para-hydroxylation sites is 2. The van der Waals surface area contributed by atoms with E-state index in [4.69, 9.17) is 0 Å². The minimum atomic E-state index is 0.201. The molecule has 152 valence electrons. The van der Waals surface area contributed by atoms with Crippen molar-refractivity contribution in [1.82, 2.24) is 14.7 Å². The molecule has 0 bridgehead atoms. The topological polar surface area (TPSA) is 61.6 Å². The summed E-state index contributed by atoms with van der Waals surface area (Å²) in [6.45, 7) is 12.3. The molecule has 1 aliphatic heterocycles. The van der Waals surface area contributed by atoms with Crippen LogP contribution in [0.5, 0.6) is 5.75 Å². The van der Waals surface area contributed by atoms with Gasteiger partial charge < -0.3 is 14.9 Å². The monoisotopic (exact) mass is 384 g/mol. The van der Waals surface area contributed by atoms with Crippen molar-refractivity contribution < 1.29 is 9.90 Å². The second kappa shape index (κ2) is 8.67. The quantitative estimate of drug-likeness (QED) is 0.831. The van der Waals surface area contributed by atoms with Crippen LogP contribution in [0.1, 0.15) is 37.2 Å². The normalized spacial score (nSPS) is 14.8. The Morgan fingerprint density at radius 1 is 1.14 bits per heavy atom. The van der Waals surface area contributed by atoms with Gasteiger partial charge >= 0.3 is 0 Å². The molecule has 1 saturated heterocycles. The van der Waals surface area contributed by atoms with Gasteiger partial charge in [0.1, 0.15) is 5.75 Å². The number of phenolic OH excluding ortho intramolecular Hbond substituents is 1. The Labute approximate surface area is 167 Å². The third kappa shape index (κ3) is 4.49. The summed E-state index contributed by atoms with van der Waals surface area (Å²) in [5, 5.41) is 14.7. The van der Waals surface area contributed by atoms with Crippen molar-refractivity contribution in [3.05, 3.63) is 41.2 Å². The number of nitrogens with zero attached hydrogens (tertiary/aromatic N) is 4. The highest BCUT2D eigenvalue weighted by Crippen LogP contribution is 2.27. The second-order valence-corrected chi connectivity index (χ2v) is 8.08. The zero-order valence-corrected chi connectivity index (χ0v) is 17.5. The lowest BCUT2D eigenvalue weighted by molar-refractivity contribution is -0.131. The standard InChI is InChI=1S/C22H32N4O2/c1-16(2)15-26-18(4)19(17(3)23-26)9-10-22(28)25-13-11-24(12-14-25)20-7-5-6-8-21(20)27/h5-8,16,27H,9-15H2,1-4H3. The van der Waals surface area contributed by atoms with Crippen LogP contribution < -0.4 is 4.90 Å². The van der Waals surface area contributed by atoms with Gasteiger partial charge in [-0.1, -0.05) is 26.0 Å². The number of aromatic nitrogens is 2. The smallest absolute Gasteiger partial charge is 0.223 e. The minimum Gasteiger partial charge on any atom is -0.506 e. The second-order valence-electron chi connectivity index (χ2n) is 8.08. The highest BCUT2D eigenvalue weighted by molar-refractivity contribution is 5.77. The van der Waals surface area contributed by atoms with Gasteiger partial charge in [0.05, 0.1) is 11.4 Å². The van der Waals surface area contributed by atoms with Crippen LogP contribution in [0.15, 0.2) is 24.3 Å². The van der Waals surface area contributed by atoms with E-state index >= 15 is 0 Å². The lowest BCUT2D eigenvalue weighted by Gasteiger charge is -2.36. The molecule has 0 saturated carbocycles. The van der Waals surface area contributed by atoms with E-state index in [9.17, 15) is 9.90 Å². The lowest BCUT2D eigenvalue weighted by Crippen LogP contribution is -2.48. The summed E-state index contributed by atoms with van der Waals surface area (Å²) in [6, 6.07) is 7.38. The first-order valence-electron chi connectivity index (χ1n) is 10.2. The maximum atomic E-state index is 12.7. The van der Waals surface area contributed by atoms with E-state index in [1.165, 1.54) is 11.3 Å². The number of aryl methyl sites for hydroxylation is 1. The summed E-state index contributed by atoms with van der Waals surface area (Å²) in [4.78, 5) is 16.8. The predicted molar refractivity (Wildman–Crippen MR) is 112 cm³/mol. The number of benzene rings is 1. The number of anilines is 1. The van der Waals surface area contributed by atoms with Gasteiger partial charge in [-0.15, -0.1) is 0 Å². The Morgan fingerprint density at radius 2 is 1.82 bits per heavy atom. The molecule has 2 heterocycles. The fraction of sp³-hybridized carbons (Fsp3) is 0.545. The van der Waals surface area contributed by atoms with Crippen molar-refractivity contribution in [2.24, 2.45) is 5.92 Å². The van der Waals surface area contributed by atoms with Crippen LogP contribution in [-0.4, -0.2) is 51.9 Å². The molecule has 0 radical (unpaired) electrons. The molecule has 28 heavy (non-hydrogen) atoms. The van der Waals surface area contributed by atoms with Gasteiger partial charge in [-0.3, -0.25) is 9.48 Å². The summed E-state index contributed by atoms with van der Waals surface area (Å²) >= 11 is 0. The molecule has 0 spiro atoms. The fourth-order valence-electron chi connectivity index (χ4n) is 3.94. The summed E-state index contributed by atoms with van der Waals surface area (Å²) in [7, 11) is 0. The molecule has 1 N–H and O–H groups in total. The van der Waals surface area contributed by atoms with E-state index in [-0.39, 0.29) is 5.91 Å². The third-order valence-electron chi connectivity index (χ3n) is 5.51. The first-order chi connectivity index (χ1) is 13.4. The molecular formula is C22H32N4O2. The van der Waals surface area contributed by atoms with E-state index in [1.54, 1.807) is 6.07 Å². The Bertz CT molecular complexity index is 820. The van der Waals surface area contributed by atoms with E-state index in [2.05, 4.69) is 35.5 Å². The Kier molecular flexibility index (Phi) is 6.27. The number of hydrogen-bond acceptors (Lipinski definition) is 4. The minimum absolute atomic E-state index is 0.201. The number of piperazine rings is 1. The van der Waals surface area contributed by atoms with Crippen LogP contribution in [0, 0.1) is 19.8 Å². The van der Waals surface area contributed by atoms with Crippen molar-refractivity contribution >= 4 is 11.6 Å². The molecule has 1 fully saturated rings. The van der Waals surface area contributed by atoms with Crippen LogP contribution in [0.25, 0.3) is 0 Å². The number of phenols is 1. The maximum absolute atomic E-state index is 12.7. The van der Waals surface area contributed by atoms with Crippen molar-refractivity contribution in [1.29, 1.82) is 0 Å². The van der Waals surface area contributed by atoms with Gasteiger partial charge in [0.15, 0.2) is 0 Å². The fourth-order valence-corrected chi connectivity index (χ4v) is 3.94. The number of carbonyl (C=O) groups excluding carboxylic acids is 1. The van der Waals surface area contributed by atoms with Crippen LogP contribution in [0.3, 0.4) is 0 Å². The molecule has 1 aromatic heterocycles. The molecular weight excluding hydrogens is 352 g/mol. The van der Waals surface area contributed by atoms with Crippen LogP contribution >= 0.6 is 0 Å². The van der Waals surface area contributed by atoms with Gasteiger partial charge in [-0.05, 0) is 43.9 Å². The van der Waals surface area contributed by atoms with E-state index in [0.29, 0.717) is 31.2 Å². The van der Waals surface area contributed by atoms with Crippen molar-refractivity contribution in [3.8, 4) is 5.75 Å². The SMILES string of the molecule is Cc1nn(CC(C)C)c(C)c1CCC(=O)N1CCN(c2ccccc2O)CC1. The predicted octanol–water partition coefficient (Wildman–Crippen LogP) is 3.14. The molecule has 1 aromatic carbocycles. The molecule has 2 aromatic rings. The van der Waals surface area contributed by atoms with Crippen molar-refractivity contribution in [3.63, 3.8) is 0 Å². The van der Waals surface area contributed by atoms with E-state index in [0.717, 1.165) is 37.4 Å². The van der Waals surface area contributed by atoms with Crippen LogP contribution in [0.2, 0.25) is 0 Å². The van der Waals surface area contributed by atoms with Gasteiger partial charge in [0, 0.05) is 44.8 Å². The largest absolute Gasteiger partial charge is 0.506 e. The maximum Gasteiger partial charge on any atom is 0.223 e. The molecule has 6 heteroatoms. The van der Waals surface area contributed by atoms with Gasteiger partial charge in [-0.25, -0.2) is 0 Å². The number of rotatable bonds is 6. The van der Waals surface area contributed by atoms with Gasteiger partial charge in [0.2, 0.25) is 5.91 Å². The van der Waals surface area contributed by atoms with Crippen LogP contribution in [-0.2, 0) is 17.8 Å². The number of hydrogen-bond donors (Lipinski definition) is 1. The Morgan fingerprint density at radius 3 is 2.46 bits per heavy atom. The van der Waals surface area contributed by atoms with Crippen molar-refractivity contribution in [2.45, 2.75) is 47.1 Å². The first-order valence-corrected chi connectivity index (χ1v) is 10.2. The first kappa shape index (κ1) is 20.2. The lowest BCUT2D eigenvalue weighted by atomic mass is 10.1. The Hall–Kier alpha value is -2.50. The molecule has 6 nitrogen and oxygen atoms in total. The zero-order chi connectivity index (χ0) is 20.3. The zero-order valence-electron chi connectivity index (χ0n) is 17.5. The summed E-state index contributed by atoms with van der Waals surface area (Å²) in [5.41, 5.74) is 4.28. The van der Waals surface area contributed by atoms with Gasteiger partial charge in [0.25, 0.3) is 0 Å². The van der Waals surface area contributed by atoms with E-state index in [1.807, 2.05) is 30.0 Å². The molecule has 1 amide bonds. The Balaban J connectivity index is 1.54. The highest BCUT2D eigenvalue weighted by atomic mass is 16.3. The number of carbonyl (C=O) groups is 1. The van der Waals surface area contributed by atoms with Gasteiger partial charge in [-0.2, -0.15) is 5.10 Å². The average molecular weight is 385 g/mol. The highest BCUT2D eigenvalue weighted by Gasteiger charge is 2.23. The average Bonchev–Trinajstić information content (AvgIpc) is 2.93. The summed E-state index contributed by atoms with van der Waals surface area (Å²) in [5.74, 6) is 1.05. The molecule has 3 rings (SSSR count). The summed E-state index contributed by atoms with van der Waals surface area (Å²) < 4.78 is 2.07. The number of amides is 1. The third-order valence-corrected chi connectivity index (χ3v) is 5.51. The molecule has 0 aliphatic carbocycles. The molecule has 1 aliphatic rings. The molecule has 0 unspecified atom stereocenters. The number of aromatic hydroxyl groups is 1. The summed E-state index contributed by atoms with van der Waals surface area (Å²) in [6.07, 6.45) is 1.26. The molecule has 0 atom stereocenters. The van der Waals surface area contributed by atoms with E-state index < -0.39 is 0 Å². The van der Waals surface area contributed by atoms with Crippen molar-refractivity contribution in [2.75, 3.05) is 31.1 Å².